The van der Waals surface area contributed by atoms with E-state index in [0.29, 0.717) is 25.2 Å². The lowest BCUT2D eigenvalue weighted by molar-refractivity contribution is -0.164. The van der Waals surface area contributed by atoms with Crippen molar-refractivity contribution in [2.75, 3.05) is 6.61 Å². The number of aryl methyl sites for hydroxylation is 1. The first-order valence-electron chi connectivity index (χ1n) is 11.5. The van der Waals surface area contributed by atoms with E-state index in [1.165, 1.54) is 10.8 Å². The van der Waals surface area contributed by atoms with Crippen LogP contribution in [-0.4, -0.2) is 33.9 Å². The zero-order chi connectivity index (χ0) is 23.7. The maximum Gasteiger partial charge on any atom is 0.330 e. The topological polar surface area (TPSA) is 109 Å². The summed E-state index contributed by atoms with van der Waals surface area (Å²) in [7, 11) is 0. The van der Waals surface area contributed by atoms with E-state index < -0.39 is 23.1 Å². The molecule has 178 valence electrons. The van der Waals surface area contributed by atoms with Crippen LogP contribution < -0.4 is 17.0 Å². The number of fused-ring (bicyclic) bond motifs is 2. The molecule has 2 heterocycles. The molecule has 2 fully saturated rings. The summed E-state index contributed by atoms with van der Waals surface area (Å²) in [5.41, 5.74) is 7.37. The summed E-state index contributed by atoms with van der Waals surface area (Å²) in [6.07, 6.45) is 1.06. The first kappa shape index (κ1) is 22.7. The van der Waals surface area contributed by atoms with Gasteiger partial charge in [-0.2, -0.15) is 0 Å². The minimum absolute atomic E-state index is 0.251. The Balaban J connectivity index is 1.43. The van der Waals surface area contributed by atoms with Crippen molar-refractivity contribution in [3.63, 3.8) is 0 Å². The van der Waals surface area contributed by atoms with E-state index in [1.807, 2.05) is 60.7 Å². The van der Waals surface area contributed by atoms with Crippen molar-refractivity contribution in [3.05, 3.63) is 104 Å². The number of hydrogen-bond donors (Lipinski definition) is 2. The molecule has 8 nitrogen and oxygen atoms in total. The van der Waals surface area contributed by atoms with Gasteiger partial charge < -0.3 is 19.9 Å². The number of nitrogens with two attached hydrogens (primary N) is 1. The highest BCUT2D eigenvalue weighted by atomic mass is 16.6. The SMILES string of the molecule is Cc1cn([C@@H]2O[C@@]3(COCc4ccccc4)C[C@@H](N)[C@@H]2[C@@H]3OCc2ccccc2)c(=O)[nH]c1=O. The number of aromatic amines is 1. The molecule has 2 aromatic carbocycles. The highest BCUT2D eigenvalue weighted by molar-refractivity contribution is 5.17. The van der Waals surface area contributed by atoms with Gasteiger partial charge in [-0.3, -0.25) is 14.3 Å². The van der Waals surface area contributed by atoms with Crippen LogP contribution >= 0.6 is 0 Å². The predicted octanol–water partition coefficient (Wildman–Crippen LogP) is 2.26. The van der Waals surface area contributed by atoms with E-state index in [2.05, 4.69) is 4.98 Å². The second-order valence-corrected chi connectivity index (χ2v) is 9.19. The largest absolute Gasteiger partial charge is 0.374 e. The minimum Gasteiger partial charge on any atom is -0.374 e. The molecule has 1 saturated heterocycles. The molecule has 0 radical (unpaired) electrons. The van der Waals surface area contributed by atoms with Gasteiger partial charge in [-0.25, -0.2) is 4.79 Å². The molecule has 34 heavy (non-hydrogen) atoms. The van der Waals surface area contributed by atoms with E-state index >= 15 is 0 Å². The number of nitrogens with zero attached hydrogens (tertiary/aromatic N) is 1. The van der Waals surface area contributed by atoms with Gasteiger partial charge in [0.2, 0.25) is 0 Å². The van der Waals surface area contributed by atoms with Crippen LogP contribution in [0.1, 0.15) is 29.3 Å². The molecule has 0 amide bonds. The molecule has 3 N–H and O–H groups in total. The Morgan fingerprint density at radius 3 is 2.38 bits per heavy atom. The third-order valence-corrected chi connectivity index (χ3v) is 6.78. The van der Waals surface area contributed by atoms with Crippen LogP contribution in [-0.2, 0) is 27.4 Å². The van der Waals surface area contributed by atoms with Crippen LogP contribution in [0.15, 0.2) is 76.4 Å². The molecule has 1 saturated carbocycles. The maximum atomic E-state index is 12.7. The molecule has 0 spiro atoms. The van der Waals surface area contributed by atoms with E-state index in [9.17, 15) is 9.59 Å². The van der Waals surface area contributed by atoms with Crippen molar-refractivity contribution < 1.29 is 14.2 Å². The summed E-state index contributed by atoms with van der Waals surface area (Å²) in [6.45, 7) is 2.76. The molecule has 1 aliphatic heterocycles. The van der Waals surface area contributed by atoms with Crippen molar-refractivity contribution in [2.45, 2.75) is 50.5 Å². The lowest BCUT2D eigenvalue weighted by Gasteiger charge is -2.34. The van der Waals surface area contributed by atoms with Crippen LogP contribution in [0.2, 0.25) is 0 Å². The van der Waals surface area contributed by atoms with Crippen molar-refractivity contribution in [3.8, 4) is 0 Å². The summed E-state index contributed by atoms with van der Waals surface area (Å²) in [5.74, 6) is -0.271. The zero-order valence-corrected chi connectivity index (χ0v) is 19.1. The highest BCUT2D eigenvalue weighted by Crippen LogP contribution is 2.53. The van der Waals surface area contributed by atoms with Gasteiger partial charge in [0.15, 0.2) is 0 Å². The number of rotatable bonds is 8. The van der Waals surface area contributed by atoms with E-state index in [1.54, 1.807) is 6.92 Å². The fraction of sp³-hybridized carbons (Fsp3) is 0.385. The van der Waals surface area contributed by atoms with E-state index in [0.717, 1.165) is 11.1 Å². The van der Waals surface area contributed by atoms with Gasteiger partial charge in [0.05, 0.1) is 25.9 Å². The molecule has 8 heteroatoms. The van der Waals surface area contributed by atoms with Crippen molar-refractivity contribution >= 4 is 0 Å². The Bertz CT molecular complexity index is 1240. The second-order valence-electron chi connectivity index (χ2n) is 9.19. The third-order valence-electron chi connectivity index (χ3n) is 6.78. The molecule has 1 aliphatic carbocycles. The summed E-state index contributed by atoms with van der Waals surface area (Å²) in [6, 6.07) is 19.6. The Kier molecular flexibility index (Phi) is 6.22. The quantitative estimate of drug-likeness (QED) is 0.531. The lowest BCUT2D eigenvalue weighted by Crippen LogP contribution is -2.46. The smallest absolute Gasteiger partial charge is 0.330 e. The third kappa shape index (κ3) is 4.25. The van der Waals surface area contributed by atoms with Crippen molar-refractivity contribution in [1.29, 1.82) is 0 Å². The molecule has 5 atom stereocenters. The van der Waals surface area contributed by atoms with Crippen LogP contribution in [0.25, 0.3) is 0 Å². The average molecular weight is 464 g/mol. The fourth-order valence-electron chi connectivity index (χ4n) is 5.15. The first-order valence-corrected chi connectivity index (χ1v) is 11.5. The molecular formula is C26H29N3O5. The normalized spacial score (nSPS) is 27.8. The van der Waals surface area contributed by atoms with Crippen LogP contribution in [0.4, 0.5) is 0 Å². The average Bonchev–Trinajstić information content (AvgIpc) is 3.29. The van der Waals surface area contributed by atoms with Crippen LogP contribution in [0, 0.1) is 12.8 Å². The number of aromatic nitrogens is 2. The lowest BCUT2D eigenvalue weighted by atomic mass is 9.99. The maximum absolute atomic E-state index is 12.7. The van der Waals surface area contributed by atoms with Crippen molar-refractivity contribution in [1.82, 2.24) is 9.55 Å². The predicted molar refractivity (Wildman–Crippen MR) is 126 cm³/mol. The van der Waals surface area contributed by atoms with E-state index in [-0.39, 0.29) is 24.7 Å². The standard InChI is InChI=1S/C26H29N3O5/c1-17-13-29(25(31)28-23(17)30)24-21-20(27)12-26(34-24,16-32-14-18-8-4-2-5-9-18)22(21)33-15-19-10-6-3-7-11-19/h2-11,13,20-22,24H,12,14-16,27H2,1H3,(H,28,30,31)/t20-,21-,22+,24-,26-/m1/s1. The molecule has 3 aromatic rings. The van der Waals surface area contributed by atoms with Crippen LogP contribution in [0.3, 0.4) is 0 Å². The Labute approximate surface area is 197 Å². The number of hydrogen-bond acceptors (Lipinski definition) is 6. The van der Waals surface area contributed by atoms with Gasteiger partial charge in [-0.15, -0.1) is 0 Å². The van der Waals surface area contributed by atoms with Gasteiger partial charge in [-0.05, 0) is 24.5 Å². The van der Waals surface area contributed by atoms with E-state index in [4.69, 9.17) is 19.9 Å². The summed E-state index contributed by atoms with van der Waals surface area (Å²) < 4.78 is 20.5. The number of ether oxygens (including phenoxy) is 3. The number of benzene rings is 2. The van der Waals surface area contributed by atoms with Gasteiger partial charge in [0, 0.05) is 23.7 Å². The highest BCUT2D eigenvalue weighted by Gasteiger charge is 2.65. The second kappa shape index (κ2) is 9.31. The fourth-order valence-corrected chi connectivity index (χ4v) is 5.15. The molecule has 2 bridgehead atoms. The Morgan fingerprint density at radius 1 is 1.06 bits per heavy atom. The molecule has 5 rings (SSSR count). The monoisotopic (exact) mass is 463 g/mol. The minimum atomic E-state index is -0.804. The van der Waals surface area contributed by atoms with Gasteiger partial charge in [0.1, 0.15) is 11.8 Å². The first-order chi connectivity index (χ1) is 16.5. The molecule has 2 aliphatic rings. The number of nitrogens with one attached hydrogen (secondary N) is 1. The summed E-state index contributed by atoms with van der Waals surface area (Å²) in [5, 5.41) is 0. The molecule has 1 aromatic heterocycles. The Hall–Kier alpha value is -3.04. The van der Waals surface area contributed by atoms with Gasteiger partial charge in [-0.1, -0.05) is 60.7 Å². The molecule has 0 unspecified atom stereocenters. The van der Waals surface area contributed by atoms with Crippen molar-refractivity contribution in [2.24, 2.45) is 11.7 Å². The summed E-state index contributed by atoms with van der Waals surface area (Å²) >= 11 is 0. The van der Waals surface area contributed by atoms with Crippen LogP contribution in [0.5, 0.6) is 0 Å². The van der Waals surface area contributed by atoms with Gasteiger partial charge >= 0.3 is 5.69 Å². The summed E-state index contributed by atoms with van der Waals surface area (Å²) in [4.78, 5) is 26.9. The zero-order valence-electron chi connectivity index (χ0n) is 19.1. The Morgan fingerprint density at radius 2 is 1.71 bits per heavy atom. The number of H-pyrrole nitrogens is 1. The van der Waals surface area contributed by atoms with Gasteiger partial charge in [0.25, 0.3) is 5.56 Å². The molecular weight excluding hydrogens is 434 g/mol.